The number of aromatic nitrogens is 1. The molecule has 3 aliphatic rings. The smallest absolute Gasteiger partial charge is 0.193 e. The number of anilines is 1. The van der Waals surface area contributed by atoms with Crippen molar-refractivity contribution in [2.45, 2.75) is 25.7 Å². The molecule has 0 radical (unpaired) electrons. The number of rotatable bonds is 4. The maximum absolute atomic E-state index is 8.89. The Kier molecular flexibility index (Phi) is 4.54. The van der Waals surface area contributed by atoms with Crippen molar-refractivity contribution in [3.8, 4) is 11.8 Å². The van der Waals surface area contributed by atoms with E-state index in [4.69, 9.17) is 15.0 Å². The van der Waals surface area contributed by atoms with E-state index in [9.17, 15) is 0 Å². The van der Waals surface area contributed by atoms with Gasteiger partial charge in [0.2, 0.25) is 0 Å². The lowest BCUT2D eigenvalue weighted by atomic mass is 10.0. The summed E-state index contributed by atoms with van der Waals surface area (Å²) in [7, 11) is 0. The Balaban J connectivity index is 1.25. The number of amidine groups is 1. The minimum atomic E-state index is -0.255. The molecule has 1 aromatic carbocycles. The highest BCUT2D eigenvalue weighted by molar-refractivity contribution is 5.86. The van der Waals surface area contributed by atoms with Crippen molar-refractivity contribution in [3.63, 3.8) is 0 Å². The molecule has 4 heterocycles. The maximum Gasteiger partial charge on any atom is 0.193 e. The summed E-state index contributed by atoms with van der Waals surface area (Å²) in [5.41, 5.74) is 6.50. The second-order valence-corrected chi connectivity index (χ2v) is 7.53. The van der Waals surface area contributed by atoms with Gasteiger partial charge in [-0.3, -0.25) is 9.91 Å². The summed E-state index contributed by atoms with van der Waals surface area (Å²) in [5.74, 6) is 2.74. The maximum atomic E-state index is 8.89. The Morgan fingerprint density at radius 3 is 3.07 bits per heavy atom. The van der Waals surface area contributed by atoms with Gasteiger partial charge in [0.25, 0.3) is 0 Å². The Bertz CT molecular complexity index is 982. The molecule has 2 atom stereocenters. The van der Waals surface area contributed by atoms with Crippen molar-refractivity contribution in [2.75, 3.05) is 31.6 Å². The fraction of sp³-hybridized carbons (Fsp3) is 0.381. The SMILES string of the molecule is CC(c1ccc2c(c1)OCC2)N1CCN2NC(Nc3ccc(C#N)cn3)N=C2C1. The molecule has 0 spiro atoms. The van der Waals surface area contributed by atoms with Crippen LogP contribution in [0.2, 0.25) is 0 Å². The van der Waals surface area contributed by atoms with Crippen molar-refractivity contribution in [2.24, 2.45) is 4.99 Å². The molecule has 0 saturated carbocycles. The molecule has 148 valence electrons. The van der Waals surface area contributed by atoms with E-state index < -0.39 is 0 Å². The summed E-state index contributed by atoms with van der Waals surface area (Å²) in [4.78, 5) is 11.5. The van der Waals surface area contributed by atoms with Crippen molar-refractivity contribution in [3.05, 3.63) is 53.2 Å². The minimum Gasteiger partial charge on any atom is -0.493 e. The molecule has 8 heteroatoms. The average Bonchev–Trinajstić information content (AvgIpc) is 3.38. The molecule has 0 amide bonds. The molecule has 29 heavy (non-hydrogen) atoms. The lowest BCUT2D eigenvalue weighted by Gasteiger charge is -2.37. The lowest BCUT2D eigenvalue weighted by molar-refractivity contribution is 0.164. The van der Waals surface area contributed by atoms with Gasteiger partial charge in [-0.05, 0) is 36.2 Å². The van der Waals surface area contributed by atoms with Crippen LogP contribution >= 0.6 is 0 Å². The van der Waals surface area contributed by atoms with Crippen LogP contribution in [-0.4, -0.2) is 53.3 Å². The zero-order valence-electron chi connectivity index (χ0n) is 16.3. The summed E-state index contributed by atoms with van der Waals surface area (Å²) < 4.78 is 5.74. The number of benzene rings is 1. The molecule has 5 rings (SSSR count). The van der Waals surface area contributed by atoms with Gasteiger partial charge < -0.3 is 10.1 Å². The van der Waals surface area contributed by atoms with Crippen LogP contribution in [0.5, 0.6) is 5.75 Å². The number of aliphatic imine (C=N–C) groups is 1. The zero-order chi connectivity index (χ0) is 19.8. The molecule has 3 aliphatic heterocycles. The van der Waals surface area contributed by atoms with Crippen LogP contribution in [0, 0.1) is 11.3 Å². The molecule has 2 N–H and O–H groups in total. The van der Waals surface area contributed by atoms with Gasteiger partial charge in [-0.15, -0.1) is 0 Å². The standard InChI is InChI=1S/C21H23N7O/c1-14(17-4-3-16-6-9-29-18(16)10-17)27-7-8-28-20(13-27)25-21(26-28)24-19-5-2-15(11-22)12-23-19/h2-5,10,12,14,21,26H,6-9,13H2,1H3,(H,23,24). The quantitative estimate of drug-likeness (QED) is 0.825. The molecule has 2 aromatic rings. The number of nitriles is 1. The molecule has 1 fully saturated rings. The van der Waals surface area contributed by atoms with Crippen LogP contribution in [0.3, 0.4) is 0 Å². The number of hydrazine groups is 1. The van der Waals surface area contributed by atoms with E-state index in [0.717, 1.165) is 44.2 Å². The molecule has 0 bridgehead atoms. The van der Waals surface area contributed by atoms with Gasteiger partial charge in [-0.25, -0.2) is 9.98 Å². The highest BCUT2D eigenvalue weighted by atomic mass is 16.5. The number of piperazine rings is 1. The van der Waals surface area contributed by atoms with Crippen molar-refractivity contribution < 1.29 is 4.74 Å². The van der Waals surface area contributed by atoms with Gasteiger partial charge in [0.1, 0.15) is 23.5 Å². The Labute approximate surface area is 169 Å². The number of ether oxygens (including phenoxy) is 1. The van der Waals surface area contributed by atoms with Gasteiger partial charge in [0.05, 0.1) is 18.7 Å². The van der Waals surface area contributed by atoms with Crippen molar-refractivity contribution >= 4 is 11.7 Å². The van der Waals surface area contributed by atoms with Crippen molar-refractivity contribution in [1.82, 2.24) is 20.3 Å². The predicted octanol–water partition coefficient (Wildman–Crippen LogP) is 1.88. The molecule has 8 nitrogen and oxygen atoms in total. The first-order valence-electron chi connectivity index (χ1n) is 9.92. The monoisotopic (exact) mass is 389 g/mol. The first-order chi connectivity index (χ1) is 14.2. The number of fused-ring (bicyclic) bond motifs is 2. The van der Waals surface area contributed by atoms with E-state index in [1.807, 2.05) is 0 Å². The number of pyridine rings is 1. The highest BCUT2D eigenvalue weighted by Gasteiger charge is 2.32. The van der Waals surface area contributed by atoms with Gasteiger partial charge in [-0.2, -0.15) is 10.7 Å². The van der Waals surface area contributed by atoms with Crippen LogP contribution in [0.1, 0.15) is 29.7 Å². The number of nitrogens with zero attached hydrogens (tertiary/aromatic N) is 5. The normalized spacial score (nSPS) is 21.6. The third kappa shape index (κ3) is 3.50. The largest absolute Gasteiger partial charge is 0.493 e. The van der Waals surface area contributed by atoms with E-state index in [0.29, 0.717) is 17.4 Å². The van der Waals surface area contributed by atoms with E-state index in [1.165, 1.54) is 11.1 Å². The van der Waals surface area contributed by atoms with Crippen LogP contribution < -0.4 is 15.5 Å². The first kappa shape index (κ1) is 17.9. The average molecular weight is 389 g/mol. The summed E-state index contributed by atoms with van der Waals surface area (Å²) in [6.07, 6.45) is 2.31. The van der Waals surface area contributed by atoms with Gasteiger partial charge in [-0.1, -0.05) is 12.1 Å². The fourth-order valence-corrected chi connectivity index (χ4v) is 4.01. The molecule has 1 saturated heterocycles. The fourth-order valence-electron chi connectivity index (χ4n) is 4.01. The van der Waals surface area contributed by atoms with Crippen molar-refractivity contribution in [1.29, 1.82) is 5.26 Å². The van der Waals surface area contributed by atoms with Crippen LogP contribution in [0.25, 0.3) is 0 Å². The lowest BCUT2D eigenvalue weighted by Crippen LogP contribution is -2.54. The second kappa shape index (κ2) is 7.35. The van der Waals surface area contributed by atoms with Crippen LogP contribution in [0.15, 0.2) is 41.5 Å². The van der Waals surface area contributed by atoms with Crippen LogP contribution in [0.4, 0.5) is 5.82 Å². The highest BCUT2D eigenvalue weighted by Crippen LogP contribution is 2.31. The Morgan fingerprint density at radius 1 is 1.31 bits per heavy atom. The summed E-state index contributed by atoms with van der Waals surface area (Å²) in [6, 6.07) is 12.5. The number of nitrogens with one attached hydrogen (secondary N) is 2. The Morgan fingerprint density at radius 2 is 2.24 bits per heavy atom. The zero-order valence-corrected chi connectivity index (χ0v) is 16.3. The third-order valence-electron chi connectivity index (χ3n) is 5.75. The summed E-state index contributed by atoms with van der Waals surface area (Å²) in [6.45, 7) is 5.63. The van der Waals surface area contributed by atoms with Gasteiger partial charge in [0.15, 0.2) is 6.29 Å². The molecule has 1 aromatic heterocycles. The molecular weight excluding hydrogens is 366 g/mol. The van der Waals surface area contributed by atoms with E-state index in [2.05, 4.69) is 56.8 Å². The molecule has 0 aliphatic carbocycles. The molecular formula is C21H23N7O. The topological polar surface area (TPSA) is 88.8 Å². The molecule has 2 unspecified atom stereocenters. The third-order valence-corrected chi connectivity index (χ3v) is 5.75. The van der Waals surface area contributed by atoms with E-state index >= 15 is 0 Å². The Hall–Kier alpha value is -3.15. The second-order valence-electron chi connectivity index (χ2n) is 7.53. The van der Waals surface area contributed by atoms with Crippen LogP contribution in [-0.2, 0) is 6.42 Å². The van der Waals surface area contributed by atoms with Gasteiger partial charge >= 0.3 is 0 Å². The minimum absolute atomic E-state index is 0.255. The van der Waals surface area contributed by atoms with Gasteiger partial charge in [0, 0.05) is 31.7 Å². The predicted molar refractivity (Wildman–Crippen MR) is 109 cm³/mol. The van der Waals surface area contributed by atoms with E-state index in [1.54, 1.807) is 18.3 Å². The summed E-state index contributed by atoms with van der Waals surface area (Å²) in [5, 5.41) is 14.3. The number of hydrogen-bond acceptors (Lipinski definition) is 8. The summed E-state index contributed by atoms with van der Waals surface area (Å²) >= 11 is 0. The van der Waals surface area contributed by atoms with E-state index in [-0.39, 0.29) is 6.29 Å². The number of hydrogen-bond donors (Lipinski definition) is 2. The first-order valence-corrected chi connectivity index (χ1v) is 9.92.